The molecule has 2 N–H and O–H groups in total. The summed E-state index contributed by atoms with van der Waals surface area (Å²) in [4.78, 5) is 15.8. The van der Waals surface area contributed by atoms with Gasteiger partial charge in [-0.2, -0.15) is 0 Å². The Morgan fingerprint density at radius 3 is 2.83 bits per heavy atom. The number of aromatic amines is 1. The third kappa shape index (κ3) is 1.75. The first kappa shape index (κ1) is 11.5. The van der Waals surface area contributed by atoms with E-state index in [2.05, 4.69) is 16.4 Å². The molecule has 1 aromatic heterocycles. The smallest absolute Gasteiger partial charge is 0.192 e. The van der Waals surface area contributed by atoms with Crippen LogP contribution in [0, 0.1) is 13.8 Å². The average molecular weight is 242 g/mol. The molecule has 0 radical (unpaired) electrons. The molecule has 0 amide bonds. The van der Waals surface area contributed by atoms with Crippen molar-refractivity contribution in [2.45, 2.75) is 32.7 Å². The molecule has 18 heavy (non-hydrogen) atoms. The Kier molecular flexibility index (Phi) is 2.71. The Morgan fingerprint density at radius 2 is 2.11 bits per heavy atom. The van der Waals surface area contributed by atoms with E-state index in [1.54, 1.807) is 0 Å². The molecule has 0 saturated carbocycles. The SMILES string of the molecule is Cc1ccc2c(=O)c(C)c(C3CCCN3)[nH]c2c1. The van der Waals surface area contributed by atoms with E-state index < -0.39 is 0 Å². The molecule has 1 aliphatic rings. The van der Waals surface area contributed by atoms with E-state index in [-0.39, 0.29) is 5.43 Å². The summed E-state index contributed by atoms with van der Waals surface area (Å²) < 4.78 is 0. The van der Waals surface area contributed by atoms with E-state index in [1.807, 2.05) is 26.0 Å². The third-order valence-electron chi connectivity index (χ3n) is 3.84. The van der Waals surface area contributed by atoms with E-state index >= 15 is 0 Å². The Bertz CT molecular complexity index is 651. The monoisotopic (exact) mass is 242 g/mol. The van der Waals surface area contributed by atoms with Gasteiger partial charge in [-0.1, -0.05) is 6.07 Å². The molecule has 94 valence electrons. The molecule has 1 atom stereocenters. The summed E-state index contributed by atoms with van der Waals surface area (Å²) in [5, 5.41) is 4.24. The van der Waals surface area contributed by atoms with Crippen LogP contribution in [0.4, 0.5) is 0 Å². The number of H-pyrrole nitrogens is 1. The van der Waals surface area contributed by atoms with Gasteiger partial charge in [-0.15, -0.1) is 0 Å². The Morgan fingerprint density at radius 1 is 1.28 bits per heavy atom. The van der Waals surface area contributed by atoms with Crippen molar-refractivity contribution in [3.8, 4) is 0 Å². The standard InChI is InChI=1S/C15H18N2O/c1-9-5-6-11-13(8-9)17-14(10(2)15(11)18)12-4-3-7-16-12/h5-6,8,12,16H,3-4,7H2,1-2H3,(H,17,18). The molecule has 0 spiro atoms. The lowest BCUT2D eigenvalue weighted by Gasteiger charge is -2.15. The number of aromatic nitrogens is 1. The van der Waals surface area contributed by atoms with E-state index in [9.17, 15) is 4.79 Å². The molecule has 3 heteroatoms. The predicted molar refractivity (Wildman–Crippen MR) is 74.0 cm³/mol. The van der Waals surface area contributed by atoms with Gasteiger partial charge in [0.2, 0.25) is 0 Å². The van der Waals surface area contributed by atoms with Crippen LogP contribution in [0.3, 0.4) is 0 Å². The molecule has 3 rings (SSSR count). The van der Waals surface area contributed by atoms with Crippen molar-refractivity contribution in [1.82, 2.24) is 10.3 Å². The van der Waals surface area contributed by atoms with Crippen LogP contribution in [0.5, 0.6) is 0 Å². The minimum Gasteiger partial charge on any atom is -0.357 e. The average Bonchev–Trinajstić information content (AvgIpc) is 2.87. The highest BCUT2D eigenvalue weighted by molar-refractivity contribution is 5.80. The molecule has 0 aliphatic carbocycles. The molecule has 1 aromatic carbocycles. The molecule has 2 heterocycles. The highest BCUT2D eigenvalue weighted by atomic mass is 16.1. The Balaban J connectivity index is 2.26. The number of pyridine rings is 1. The zero-order valence-electron chi connectivity index (χ0n) is 10.8. The maximum Gasteiger partial charge on any atom is 0.192 e. The van der Waals surface area contributed by atoms with Crippen molar-refractivity contribution in [3.63, 3.8) is 0 Å². The van der Waals surface area contributed by atoms with Gasteiger partial charge >= 0.3 is 0 Å². The summed E-state index contributed by atoms with van der Waals surface area (Å²) in [5.74, 6) is 0. The lowest BCUT2D eigenvalue weighted by molar-refractivity contribution is 0.625. The van der Waals surface area contributed by atoms with E-state index in [1.165, 1.54) is 12.0 Å². The molecule has 1 fully saturated rings. The van der Waals surface area contributed by atoms with Gasteiger partial charge in [0, 0.05) is 28.2 Å². The van der Waals surface area contributed by atoms with Crippen LogP contribution in [0.1, 0.15) is 35.7 Å². The second kappa shape index (κ2) is 4.25. The van der Waals surface area contributed by atoms with Crippen molar-refractivity contribution in [2.24, 2.45) is 0 Å². The van der Waals surface area contributed by atoms with E-state index in [4.69, 9.17) is 0 Å². The minimum atomic E-state index is 0.160. The van der Waals surface area contributed by atoms with Crippen molar-refractivity contribution >= 4 is 10.9 Å². The highest BCUT2D eigenvalue weighted by Crippen LogP contribution is 2.24. The summed E-state index contributed by atoms with van der Waals surface area (Å²) >= 11 is 0. The fraction of sp³-hybridized carbons (Fsp3) is 0.400. The van der Waals surface area contributed by atoms with Crippen molar-refractivity contribution in [2.75, 3.05) is 6.54 Å². The fourth-order valence-electron chi connectivity index (χ4n) is 2.80. The quantitative estimate of drug-likeness (QED) is 0.807. The molecule has 1 aliphatic heterocycles. The number of fused-ring (bicyclic) bond motifs is 1. The van der Waals surface area contributed by atoms with Gasteiger partial charge < -0.3 is 10.3 Å². The molecule has 1 unspecified atom stereocenters. The maximum atomic E-state index is 12.4. The summed E-state index contributed by atoms with van der Waals surface area (Å²) in [6, 6.07) is 6.27. The molecule has 1 saturated heterocycles. The topological polar surface area (TPSA) is 44.9 Å². The van der Waals surface area contributed by atoms with Crippen LogP contribution in [0.15, 0.2) is 23.0 Å². The van der Waals surface area contributed by atoms with Crippen LogP contribution in [0.2, 0.25) is 0 Å². The predicted octanol–water partition coefficient (Wildman–Crippen LogP) is 2.57. The number of hydrogen-bond acceptors (Lipinski definition) is 2. The molecular formula is C15H18N2O. The van der Waals surface area contributed by atoms with Gasteiger partial charge in [0.15, 0.2) is 5.43 Å². The number of rotatable bonds is 1. The van der Waals surface area contributed by atoms with Gasteiger partial charge in [0.05, 0.1) is 0 Å². The van der Waals surface area contributed by atoms with Crippen molar-refractivity contribution in [1.29, 1.82) is 0 Å². The van der Waals surface area contributed by atoms with Crippen molar-refractivity contribution < 1.29 is 0 Å². The molecule has 3 nitrogen and oxygen atoms in total. The molecule has 0 bridgehead atoms. The second-order valence-corrected chi connectivity index (χ2v) is 5.19. The van der Waals surface area contributed by atoms with Crippen LogP contribution < -0.4 is 10.7 Å². The second-order valence-electron chi connectivity index (χ2n) is 5.19. The van der Waals surface area contributed by atoms with Gasteiger partial charge in [-0.05, 0) is 50.9 Å². The summed E-state index contributed by atoms with van der Waals surface area (Å²) in [6.45, 7) is 5.01. The number of nitrogens with one attached hydrogen (secondary N) is 2. The van der Waals surface area contributed by atoms with Crippen LogP contribution in [-0.2, 0) is 0 Å². The number of benzene rings is 1. The zero-order chi connectivity index (χ0) is 12.7. The first-order valence-corrected chi connectivity index (χ1v) is 6.53. The molecule has 2 aromatic rings. The van der Waals surface area contributed by atoms with Crippen LogP contribution in [0.25, 0.3) is 10.9 Å². The minimum absolute atomic E-state index is 0.160. The Hall–Kier alpha value is -1.61. The number of hydrogen-bond donors (Lipinski definition) is 2. The Labute approximate surface area is 106 Å². The van der Waals surface area contributed by atoms with Gasteiger partial charge in [0.1, 0.15) is 0 Å². The van der Waals surface area contributed by atoms with Gasteiger partial charge in [-0.25, -0.2) is 0 Å². The highest BCUT2D eigenvalue weighted by Gasteiger charge is 2.20. The van der Waals surface area contributed by atoms with Crippen molar-refractivity contribution in [3.05, 3.63) is 45.2 Å². The number of aryl methyl sites for hydroxylation is 1. The normalized spacial score (nSPS) is 19.6. The van der Waals surface area contributed by atoms with Crippen LogP contribution >= 0.6 is 0 Å². The third-order valence-corrected chi connectivity index (χ3v) is 3.84. The summed E-state index contributed by atoms with van der Waals surface area (Å²) in [5.41, 5.74) is 4.20. The first-order valence-electron chi connectivity index (χ1n) is 6.53. The largest absolute Gasteiger partial charge is 0.357 e. The van der Waals surface area contributed by atoms with E-state index in [0.717, 1.165) is 35.1 Å². The van der Waals surface area contributed by atoms with E-state index in [0.29, 0.717) is 6.04 Å². The summed E-state index contributed by atoms with van der Waals surface area (Å²) in [6.07, 6.45) is 2.28. The zero-order valence-corrected chi connectivity index (χ0v) is 10.8. The maximum absolute atomic E-state index is 12.4. The first-order chi connectivity index (χ1) is 8.66. The fourth-order valence-corrected chi connectivity index (χ4v) is 2.80. The lowest BCUT2D eigenvalue weighted by Crippen LogP contribution is -2.20. The van der Waals surface area contributed by atoms with Gasteiger partial charge in [-0.3, -0.25) is 4.79 Å². The van der Waals surface area contributed by atoms with Crippen LogP contribution in [-0.4, -0.2) is 11.5 Å². The molecular weight excluding hydrogens is 224 g/mol. The lowest BCUT2D eigenvalue weighted by atomic mass is 10.0. The van der Waals surface area contributed by atoms with Gasteiger partial charge in [0.25, 0.3) is 0 Å². The summed E-state index contributed by atoms with van der Waals surface area (Å²) in [7, 11) is 0.